The summed E-state index contributed by atoms with van der Waals surface area (Å²) in [6.45, 7) is 6.97. The molecular formula is C12H24N4O3S. The maximum Gasteiger partial charge on any atom is 0.223 e. The van der Waals surface area contributed by atoms with E-state index < -0.39 is 10.0 Å². The number of unbranched alkanes of at least 4 members (excludes halogenated alkanes) is 1. The minimum absolute atomic E-state index is 0.151. The summed E-state index contributed by atoms with van der Waals surface area (Å²) >= 11 is 0. The Labute approximate surface area is 120 Å². The van der Waals surface area contributed by atoms with Gasteiger partial charge in [-0.1, -0.05) is 19.0 Å². The summed E-state index contributed by atoms with van der Waals surface area (Å²) < 4.78 is 30.8. The van der Waals surface area contributed by atoms with Gasteiger partial charge < -0.3 is 9.84 Å². The smallest absolute Gasteiger partial charge is 0.223 e. The third-order valence-corrected chi connectivity index (χ3v) is 4.10. The lowest BCUT2D eigenvalue weighted by Gasteiger charge is -2.08. The van der Waals surface area contributed by atoms with Gasteiger partial charge in [-0.3, -0.25) is 0 Å². The van der Waals surface area contributed by atoms with E-state index in [-0.39, 0.29) is 5.75 Å². The molecule has 2 N–H and O–H groups in total. The zero-order valence-electron chi connectivity index (χ0n) is 12.3. The molecule has 1 aromatic heterocycles. The van der Waals surface area contributed by atoms with E-state index in [1.54, 1.807) is 6.92 Å². The minimum atomic E-state index is -3.21. The van der Waals surface area contributed by atoms with Gasteiger partial charge in [0.2, 0.25) is 15.9 Å². The van der Waals surface area contributed by atoms with Crippen LogP contribution in [0.2, 0.25) is 0 Å². The fourth-order valence-electron chi connectivity index (χ4n) is 1.64. The van der Waals surface area contributed by atoms with Crippen molar-refractivity contribution in [3.8, 4) is 0 Å². The number of hydrogen-bond donors (Lipinski definition) is 2. The Morgan fingerprint density at radius 2 is 2.00 bits per heavy atom. The van der Waals surface area contributed by atoms with Crippen LogP contribution in [0.3, 0.4) is 0 Å². The number of rotatable bonds is 10. The monoisotopic (exact) mass is 304 g/mol. The topological polar surface area (TPSA) is 97.1 Å². The van der Waals surface area contributed by atoms with Crippen molar-refractivity contribution < 1.29 is 12.9 Å². The lowest BCUT2D eigenvalue weighted by Crippen LogP contribution is -2.29. The van der Waals surface area contributed by atoms with E-state index in [0.29, 0.717) is 37.1 Å². The Morgan fingerprint density at radius 1 is 1.25 bits per heavy atom. The first-order valence-corrected chi connectivity index (χ1v) is 8.54. The van der Waals surface area contributed by atoms with Crippen LogP contribution < -0.4 is 10.0 Å². The molecule has 1 heterocycles. The summed E-state index contributed by atoms with van der Waals surface area (Å²) in [5.41, 5.74) is 0. The molecule has 0 spiro atoms. The molecule has 0 aliphatic heterocycles. The van der Waals surface area contributed by atoms with E-state index in [2.05, 4.69) is 34.0 Å². The molecule has 0 saturated heterocycles. The van der Waals surface area contributed by atoms with E-state index in [4.69, 9.17) is 4.52 Å². The van der Waals surface area contributed by atoms with Crippen LogP contribution in [0, 0.1) is 6.92 Å². The molecule has 0 bridgehead atoms. The molecule has 20 heavy (non-hydrogen) atoms. The maximum atomic E-state index is 11.7. The Kier molecular flexibility index (Phi) is 7.11. The molecule has 0 aliphatic rings. The van der Waals surface area contributed by atoms with Crippen molar-refractivity contribution in [3.05, 3.63) is 11.7 Å². The molecule has 0 radical (unpaired) electrons. The molecule has 116 valence electrons. The average Bonchev–Trinajstić information content (AvgIpc) is 2.74. The number of nitrogens with zero attached hydrogens (tertiary/aromatic N) is 2. The number of sulfonamides is 1. The summed E-state index contributed by atoms with van der Waals surface area (Å²) in [5.74, 6) is 1.16. The quantitative estimate of drug-likeness (QED) is 0.615. The van der Waals surface area contributed by atoms with Crippen LogP contribution in [0.1, 0.15) is 38.4 Å². The second-order valence-electron chi connectivity index (χ2n) is 5.01. The highest BCUT2D eigenvalue weighted by Gasteiger charge is 2.10. The molecule has 1 rings (SSSR count). The van der Waals surface area contributed by atoms with Crippen molar-refractivity contribution in [3.63, 3.8) is 0 Å². The van der Waals surface area contributed by atoms with E-state index in [9.17, 15) is 8.42 Å². The fraction of sp³-hybridized carbons (Fsp3) is 0.833. The van der Waals surface area contributed by atoms with Gasteiger partial charge in [0, 0.05) is 25.9 Å². The summed E-state index contributed by atoms with van der Waals surface area (Å²) in [6.07, 6.45) is 1.94. The Morgan fingerprint density at radius 3 is 2.60 bits per heavy atom. The van der Waals surface area contributed by atoms with Crippen LogP contribution in [0.4, 0.5) is 0 Å². The first-order valence-electron chi connectivity index (χ1n) is 6.89. The summed E-state index contributed by atoms with van der Waals surface area (Å²) in [4.78, 5) is 4.01. The third kappa shape index (κ3) is 7.56. The standard InChI is InChI=1S/C12H24N4O3S/c1-10(2)13-7-4-5-9-20(17,18)14-8-6-12-15-11(3)19-16-12/h10,13-14H,4-9H2,1-3H3. The predicted octanol–water partition coefficient (Wildman–Crippen LogP) is 0.618. The third-order valence-electron chi connectivity index (χ3n) is 2.63. The van der Waals surface area contributed by atoms with Crippen LogP contribution in [-0.4, -0.2) is 43.4 Å². The number of hydrogen-bond acceptors (Lipinski definition) is 6. The highest BCUT2D eigenvalue weighted by atomic mass is 32.2. The molecule has 1 aromatic rings. The van der Waals surface area contributed by atoms with E-state index in [1.807, 2.05) is 0 Å². The Balaban J connectivity index is 2.14. The minimum Gasteiger partial charge on any atom is -0.340 e. The van der Waals surface area contributed by atoms with Gasteiger partial charge in [-0.15, -0.1) is 0 Å². The highest BCUT2D eigenvalue weighted by molar-refractivity contribution is 7.89. The van der Waals surface area contributed by atoms with E-state index in [0.717, 1.165) is 13.0 Å². The van der Waals surface area contributed by atoms with Gasteiger partial charge >= 0.3 is 0 Å². The summed E-state index contributed by atoms with van der Waals surface area (Å²) in [7, 11) is -3.21. The van der Waals surface area contributed by atoms with Crippen molar-refractivity contribution in [1.82, 2.24) is 20.2 Å². The largest absolute Gasteiger partial charge is 0.340 e. The zero-order valence-corrected chi connectivity index (χ0v) is 13.2. The number of nitrogens with one attached hydrogen (secondary N) is 2. The first-order chi connectivity index (χ1) is 9.39. The highest BCUT2D eigenvalue weighted by Crippen LogP contribution is 1.97. The van der Waals surface area contributed by atoms with Crippen LogP contribution in [0.25, 0.3) is 0 Å². The Hall–Kier alpha value is -0.990. The van der Waals surface area contributed by atoms with Gasteiger partial charge in [-0.05, 0) is 19.4 Å². The molecule has 0 aliphatic carbocycles. The van der Waals surface area contributed by atoms with Crippen LogP contribution in [-0.2, 0) is 16.4 Å². The van der Waals surface area contributed by atoms with Crippen LogP contribution >= 0.6 is 0 Å². The average molecular weight is 304 g/mol. The predicted molar refractivity (Wildman–Crippen MR) is 76.9 cm³/mol. The van der Waals surface area contributed by atoms with Crippen LogP contribution in [0.5, 0.6) is 0 Å². The normalized spacial score (nSPS) is 12.2. The maximum absolute atomic E-state index is 11.7. The number of aryl methyl sites for hydroxylation is 1. The molecule has 0 amide bonds. The molecule has 0 aromatic carbocycles. The van der Waals surface area contributed by atoms with Crippen molar-refractivity contribution in [2.24, 2.45) is 0 Å². The molecule has 0 atom stereocenters. The zero-order chi connectivity index (χ0) is 15.0. The Bertz CT molecular complexity index is 485. The first kappa shape index (κ1) is 17.1. The second kappa shape index (κ2) is 8.33. The molecule has 0 unspecified atom stereocenters. The SMILES string of the molecule is Cc1nc(CCNS(=O)(=O)CCCCNC(C)C)no1. The second-order valence-corrected chi connectivity index (χ2v) is 6.94. The summed E-state index contributed by atoms with van der Waals surface area (Å²) in [5, 5.41) is 6.97. The van der Waals surface area contributed by atoms with Gasteiger partial charge in [-0.25, -0.2) is 13.1 Å². The molecule has 0 saturated carbocycles. The molecular weight excluding hydrogens is 280 g/mol. The van der Waals surface area contributed by atoms with Crippen molar-refractivity contribution in [2.75, 3.05) is 18.8 Å². The van der Waals surface area contributed by atoms with Gasteiger partial charge in [0.1, 0.15) is 0 Å². The molecule has 0 fully saturated rings. The van der Waals surface area contributed by atoms with Crippen LogP contribution in [0.15, 0.2) is 4.52 Å². The van der Waals surface area contributed by atoms with Crippen molar-refractivity contribution in [2.45, 2.75) is 46.1 Å². The summed E-state index contributed by atoms with van der Waals surface area (Å²) in [6, 6.07) is 0.433. The van der Waals surface area contributed by atoms with Gasteiger partial charge in [0.05, 0.1) is 5.75 Å². The molecule has 8 heteroatoms. The van der Waals surface area contributed by atoms with E-state index >= 15 is 0 Å². The van der Waals surface area contributed by atoms with E-state index in [1.165, 1.54) is 0 Å². The van der Waals surface area contributed by atoms with Gasteiger partial charge in [-0.2, -0.15) is 4.98 Å². The number of aromatic nitrogens is 2. The lowest BCUT2D eigenvalue weighted by molar-refractivity contribution is 0.387. The van der Waals surface area contributed by atoms with Crippen molar-refractivity contribution in [1.29, 1.82) is 0 Å². The van der Waals surface area contributed by atoms with Gasteiger partial charge in [0.15, 0.2) is 5.82 Å². The van der Waals surface area contributed by atoms with Crippen molar-refractivity contribution >= 4 is 10.0 Å². The van der Waals surface area contributed by atoms with Gasteiger partial charge in [0.25, 0.3) is 0 Å². The lowest BCUT2D eigenvalue weighted by atomic mass is 10.3. The fourth-order valence-corrected chi connectivity index (χ4v) is 2.78. The molecule has 7 nitrogen and oxygen atoms in total.